The molecule has 37 heavy (non-hydrogen) atoms. The lowest BCUT2D eigenvalue weighted by molar-refractivity contribution is -0.149. The van der Waals surface area contributed by atoms with Gasteiger partial charge in [-0.05, 0) is 29.3 Å². The number of anilines is 1. The molecule has 2 atom stereocenters. The first-order valence-electron chi connectivity index (χ1n) is 11.7. The van der Waals surface area contributed by atoms with Crippen LogP contribution >= 0.6 is 0 Å². The molecular weight excluding hydrogens is 472 g/mol. The molecule has 4 aromatic rings. The predicted octanol–water partition coefficient (Wildman–Crippen LogP) is 3.40. The highest BCUT2D eigenvalue weighted by Crippen LogP contribution is 2.31. The number of Topliss-reactive ketones (excluding diaryl/α,β-unsaturated/α-hetero) is 1. The Morgan fingerprint density at radius 1 is 1.05 bits per heavy atom. The normalized spacial score (nSPS) is 13.4. The average Bonchev–Trinajstić information content (AvgIpc) is 3.44. The van der Waals surface area contributed by atoms with E-state index >= 15 is 0 Å². The number of H-pyrrole nitrogens is 1. The van der Waals surface area contributed by atoms with E-state index in [1.807, 2.05) is 48.5 Å². The number of imidazole rings is 1. The zero-order valence-electron chi connectivity index (χ0n) is 20.6. The summed E-state index contributed by atoms with van der Waals surface area (Å²) in [4.78, 5) is 46.8. The molecule has 4 N–H and O–H groups in total. The van der Waals surface area contributed by atoms with Gasteiger partial charge >= 0.3 is 11.9 Å². The molecule has 4 rings (SSSR count). The minimum atomic E-state index is -2.09. The van der Waals surface area contributed by atoms with Gasteiger partial charge in [0.05, 0.1) is 19.0 Å². The number of ether oxygens (including phenoxy) is 2. The topological polar surface area (TPSA) is 136 Å². The summed E-state index contributed by atoms with van der Waals surface area (Å²) in [5.74, 6) is -2.04. The first kappa shape index (κ1) is 25.6. The number of aromatic amines is 1. The summed E-state index contributed by atoms with van der Waals surface area (Å²) in [7, 11) is 1.28. The Bertz CT molecular complexity index is 1400. The molecular formula is C28H28N4O5. The highest BCUT2D eigenvalue weighted by molar-refractivity contribution is 6.24. The molecule has 9 heteroatoms. The summed E-state index contributed by atoms with van der Waals surface area (Å²) >= 11 is 0. The fourth-order valence-corrected chi connectivity index (χ4v) is 4.11. The van der Waals surface area contributed by atoms with Crippen molar-refractivity contribution in [3.8, 4) is 0 Å². The van der Waals surface area contributed by atoms with Gasteiger partial charge in [0.25, 0.3) is 0 Å². The lowest BCUT2D eigenvalue weighted by Gasteiger charge is -2.28. The highest BCUT2D eigenvalue weighted by Gasteiger charge is 2.46. The number of nitrogens with two attached hydrogens (primary N) is 1. The maximum Gasteiger partial charge on any atom is 0.335 e. The van der Waals surface area contributed by atoms with Crippen molar-refractivity contribution >= 4 is 34.2 Å². The zero-order valence-corrected chi connectivity index (χ0v) is 20.6. The predicted molar refractivity (Wildman–Crippen MR) is 139 cm³/mol. The lowest BCUT2D eigenvalue weighted by atomic mass is 9.83. The van der Waals surface area contributed by atoms with Gasteiger partial charge in [0.2, 0.25) is 0 Å². The number of hydrogen-bond acceptors (Lipinski definition) is 8. The molecule has 0 saturated heterocycles. The lowest BCUT2D eigenvalue weighted by Crippen LogP contribution is -2.57. The van der Waals surface area contributed by atoms with Crippen LogP contribution in [0.15, 0.2) is 79.3 Å². The molecule has 0 amide bonds. The van der Waals surface area contributed by atoms with Crippen molar-refractivity contribution in [3.05, 3.63) is 96.1 Å². The molecule has 0 unspecified atom stereocenters. The van der Waals surface area contributed by atoms with Gasteiger partial charge in [-0.3, -0.25) is 4.79 Å². The number of benzene rings is 3. The number of fused-ring (bicyclic) bond motifs is 1. The molecule has 0 spiro atoms. The molecule has 0 radical (unpaired) electrons. The van der Waals surface area contributed by atoms with Gasteiger partial charge in [-0.2, -0.15) is 0 Å². The minimum absolute atomic E-state index is 0.0467. The van der Waals surface area contributed by atoms with Crippen LogP contribution in [0, 0.1) is 0 Å². The van der Waals surface area contributed by atoms with Crippen LogP contribution in [0.2, 0.25) is 0 Å². The third kappa shape index (κ3) is 5.52. The zero-order chi connectivity index (χ0) is 26.4. The Balaban J connectivity index is 1.78. The molecule has 0 fully saturated rings. The molecule has 0 aliphatic heterocycles. The number of nitrogens with zero attached hydrogens (tertiary/aromatic N) is 1. The first-order chi connectivity index (χ1) is 17.8. The second-order valence-corrected chi connectivity index (χ2v) is 8.71. The number of carbonyl (C=O) groups excluding carboxylic acids is 3. The van der Waals surface area contributed by atoms with Crippen molar-refractivity contribution in [1.29, 1.82) is 0 Å². The largest absolute Gasteiger partial charge is 0.467 e. The van der Waals surface area contributed by atoms with E-state index in [1.54, 1.807) is 25.1 Å². The molecule has 190 valence electrons. The van der Waals surface area contributed by atoms with Gasteiger partial charge in [-0.15, -0.1) is 0 Å². The van der Waals surface area contributed by atoms with Crippen molar-refractivity contribution in [1.82, 2.24) is 9.97 Å². The van der Waals surface area contributed by atoms with Crippen molar-refractivity contribution in [2.45, 2.75) is 31.5 Å². The SMILES string of the molecule is COC(=O)[C@H](C)Nc1ccc2ccccc2c1C(=O)[C@@](N)(Cc1cnc[nH]1)C(=O)OCc1ccccc1. The summed E-state index contributed by atoms with van der Waals surface area (Å²) in [6, 6.07) is 19.1. The van der Waals surface area contributed by atoms with Crippen LogP contribution in [0.3, 0.4) is 0 Å². The van der Waals surface area contributed by atoms with E-state index in [4.69, 9.17) is 15.2 Å². The van der Waals surface area contributed by atoms with Crippen molar-refractivity contribution < 1.29 is 23.9 Å². The molecule has 0 aliphatic rings. The maximum absolute atomic E-state index is 14.3. The number of rotatable bonds is 10. The third-order valence-corrected chi connectivity index (χ3v) is 6.09. The number of esters is 2. The van der Waals surface area contributed by atoms with E-state index in [0.29, 0.717) is 16.8 Å². The smallest absolute Gasteiger partial charge is 0.335 e. The number of nitrogens with one attached hydrogen (secondary N) is 2. The first-order valence-corrected chi connectivity index (χ1v) is 11.7. The standard InChI is InChI=1S/C28H28N4O5/c1-18(26(34)36-2)32-23-13-12-20-10-6-7-11-22(20)24(23)25(33)28(29,14-21-15-30-17-31-21)27(35)37-16-19-8-4-3-5-9-19/h3-13,15,17-18,32H,14,16,29H2,1-2H3,(H,30,31)/t18-,28-/m0/s1. The number of ketones is 1. The van der Waals surface area contributed by atoms with Crippen LogP contribution < -0.4 is 11.1 Å². The van der Waals surface area contributed by atoms with E-state index in [-0.39, 0.29) is 18.6 Å². The Morgan fingerprint density at radius 2 is 1.78 bits per heavy atom. The summed E-state index contributed by atoms with van der Waals surface area (Å²) < 4.78 is 10.4. The summed E-state index contributed by atoms with van der Waals surface area (Å²) in [6.07, 6.45) is 2.77. The van der Waals surface area contributed by atoms with Crippen molar-refractivity contribution in [2.24, 2.45) is 5.73 Å². The van der Waals surface area contributed by atoms with Gasteiger partial charge in [-0.25, -0.2) is 14.6 Å². The van der Waals surface area contributed by atoms with Crippen molar-refractivity contribution in [2.75, 3.05) is 12.4 Å². The van der Waals surface area contributed by atoms with E-state index in [0.717, 1.165) is 10.9 Å². The summed E-state index contributed by atoms with van der Waals surface area (Å²) in [5.41, 5.74) is 6.34. The van der Waals surface area contributed by atoms with Crippen molar-refractivity contribution in [3.63, 3.8) is 0 Å². The fraction of sp³-hybridized carbons (Fsp3) is 0.214. The van der Waals surface area contributed by atoms with Gasteiger partial charge in [0.15, 0.2) is 11.3 Å². The maximum atomic E-state index is 14.3. The van der Waals surface area contributed by atoms with Crippen LogP contribution in [0.25, 0.3) is 10.8 Å². The van der Waals surface area contributed by atoms with E-state index in [1.165, 1.54) is 19.6 Å². The second kappa shape index (κ2) is 11.0. The van der Waals surface area contributed by atoms with Crippen LogP contribution in [-0.2, 0) is 32.1 Å². The Hall–Kier alpha value is -4.50. The second-order valence-electron chi connectivity index (χ2n) is 8.71. The van der Waals surface area contributed by atoms with Crippen LogP contribution in [0.1, 0.15) is 28.5 Å². The fourth-order valence-electron chi connectivity index (χ4n) is 4.11. The number of methoxy groups -OCH3 is 1. The van der Waals surface area contributed by atoms with Crippen LogP contribution in [-0.4, -0.2) is 46.4 Å². The van der Waals surface area contributed by atoms with Gasteiger partial charge in [0.1, 0.15) is 12.6 Å². The Kier molecular flexibility index (Phi) is 7.64. The Morgan fingerprint density at radius 3 is 2.49 bits per heavy atom. The van der Waals surface area contributed by atoms with E-state index < -0.39 is 29.3 Å². The van der Waals surface area contributed by atoms with Crippen LogP contribution in [0.5, 0.6) is 0 Å². The third-order valence-electron chi connectivity index (χ3n) is 6.09. The van der Waals surface area contributed by atoms with E-state index in [9.17, 15) is 14.4 Å². The van der Waals surface area contributed by atoms with Gasteiger partial charge < -0.3 is 25.5 Å². The minimum Gasteiger partial charge on any atom is -0.467 e. The molecule has 0 bridgehead atoms. The molecule has 0 saturated carbocycles. The van der Waals surface area contributed by atoms with Crippen LogP contribution in [0.4, 0.5) is 5.69 Å². The van der Waals surface area contributed by atoms with E-state index in [2.05, 4.69) is 15.3 Å². The number of carbonyl (C=O) groups is 3. The molecule has 0 aliphatic carbocycles. The summed E-state index contributed by atoms with van der Waals surface area (Å²) in [5, 5.41) is 4.38. The molecule has 1 aromatic heterocycles. The quantitative estimate of drug-likeness (QED) is 0.171. The number of hydrogen-bond donors (Lipinski definition) is 3. The molecule has 1 heterocycles. The number of aromatic nitrogens is 2. The van der Waals surface area contributed by atoms with Gasteiger partial charge in [-0.1, -0.05) is 60.7 Å². The summed E-state index contributed by atoms with van der Waals surface area (Å²) in [6.45, 7) is 1.57. The average molecular weight is 501 g/mol. The highest BCUT2D eigenvalue weighted by atomic mass is 16.5. The molecule has 9 nitrogen and oxygen atoms in total. The molecule has 3 aromatic carbocycles. The van der Waals surface area contributed by atoms with Gasteiger partial charge in [0, 0.05) is 24.0 Å². The monoisotopic (exact) mass is 500 g/mol. The Labute approximate surface area is 214 Å².